The summed E-state index contributed by atoms with van der Waals surface area (Å²) in [7, 11) is 3.59. The number of hydrogen-bond acceptors (Lipinski definition) is 6. The molecule has 0 aromatic carbocycles. The van der Waals surface area contributed by atoms with Crippen LogP contribution in [-0.2, 0) is 11.2 Å². The van der Waals surface area contributed by atoms with Gasteiger partial charge in [0.05, 0.1) is 18.0 Å². The number of ether oxygens (including phenoxy) is 1. The van der Waals surface area contributed by atoms with Crippen molar-refractivity contribution in [2.45, 2.75) is 33.2 Å². The first-order valence-corrected chi connectivity index (χ1v) is 8.19. The third-order valence-electron chi connectivity index (χ3n) is 3.55. The van der Waals surface area contributed by atoms with Gasteiger partial charge in [0.2, 0.25) is 5.95 Å². The lowest BCUT2D eigenvalue weighted by atomic mass is 10.2. The molecule has 0 aliphatic rings. The van der Waals surface area contributed by atoms with Crippen LogP contribution >= 0.6 is 11.3 Å². The van der Waals surface area contributed by atoms with Crippen LogP contribution in [0, 0.1) is 0 Å². The maximum Gasteiger partial charge on any atom is 0.225 e. The first-order chi connectivity index (χ1) is 10.1. The quantitative estimate of drug-likeness (QED) is 0.851. The zero-order valence-corrected chi connectivity index (χ0v) is 14.3. The summed E-state index contributed by atoms with van der Waals surface area (Å²) in [5, 5.41) is 4.20. The summed E-state index contributed by atoms with van der Waals surface area (Å²) in [4.78, 5) is 13.9. The first-order valence-electron chi connectivity index (χ1n) is 7.38. The van der Waals surface area contributed by atoms with Gasteiger partial charge in [-0.05, 0) is 26.3 Å². The summed E-state index contributed by atoms with van der Waals surface area (Å²) in [6, 6.07) is 2.49. The van der Waals surface area contributed by atoms with E-state index in [2.05, 4.69) is 42.0 Å². The van der Waals surface area contributed by atoms with E-state index in [0.29, 0.717) is 12.6 Å². The molecule has 2 heterocycles. The van der Waals surface area contributed by atoms with Crippen LogP contribution in [0.5, 0.6) is 0 Å². The number of anilines is 2. The molecule has 0 saturated carbocycles. The number of nitrogens with one attached hydrogen (secondary N) is 1. The van der Waals surface area contributed by atoms with Crippen molar-refractivity contribution >= 4 is 33.3 Å². The molecular weight excluding hydrogens is 284 g/mol. The van der Waals surface area contributed by atoms with E-state index in [0.717, 1.165) is 29.0 Å². The topological polar surface area (TPSA) is 50.3 Å². The third-order valence-corrected chi connectivity index (χ3v) is 4.72. The first kappa shape index (κ1) is 16.0. The Labute approximate surface area is 130 Å². The monoisotopic (exact) mass is 308 g/mol. The summed E-state index contributed by atoms with van der Waals surface area (Å²) in [6.07, 6.45) is 1.02. The largest absolute Gasteiger partial charge is 0.383 e. The highest BCUT2D eigenvalue weighted by Crippen LogP contribution is 2.33. The molecule has 2 rings (SSSR count). The van der Waals surface area contributed by atoms with E-state index >= 15 is 0 Å². The Morgan fingerprint density at radius 2 is 2.14 bits per heavy atom. The molecule has 1 atom stereocenters. The molecule has 5 nitrogen and oxygen atoms in total. The van der Waals surface area contributed by atoms with Gasteiger partial charge in [-0.3, -0.25) is 0 Å². The Bertz CT molecular complexity index is 599. The van der Waals surface area contributed by atoms with Gasteiger partial charge in [0.15, 0.2) is 0 Å². The lowest BCUT2D eigenvalue weighted by Gasteiger charge is -2.29. The van der Waals surface area contributed by atoms with Crippen LogP contribution in [0.1, 0.15) is 25.6 Å². The van der Waals surface area contributed by atoms with Crippen molar-refractivity contribution in [3.63, 3.8) is 0 Å². The maximum atomic E-state index is 5.30. The Kier molecular flexibility index (Phi) is 5.36. The van der Waals surface area contributed by atoms with Gasteiger partial charge in [-0.1, -0.05) is 6.92 Å². The molecule has 0 amide bonds. The normalized spacial score (nSPS) is 12.6. The molecule has 0 saturated heterocycles. The molecule has 0 bridgehead atoms. The third kappa shape index (κ3) is 3.27. The fourth-order valence-corrected chi connectivity index (χ4v) is 3.42. The highest BCUT2D eigenvalue weighted by molar-refractivity contribution is 7.18. The number of methoxy groups -OCH3 is 1. The minimum absolute atomic E-state index is 0.271. The predicted molar refractivity (Wildman–Crippen MR) is 90.7 cm³/mol. The van der Waals surface area contributed by atoms with Gasteiger partial charge in [-0.25, -0.2) is 4.98 Å². The minimum atomic E-state index is 0.271. The van der Waals surface area contributed by atoms with Crippen LogP contribution in [0.3, 0.4) is 0 Å². The van der Waals surface area contributed by atoms with E-state index in [4.69, 9.17) is 9.72 Å². The number of nitrogens with zero attached hydrogens (tertiary/aromatic N) is 3. The van der Waals surface area contributed by atoms with E-state index in [-0.39, 0.29) is 6.04 Å². The molecule has 0 radical (unpaired) electrons. The highest BCUT2D eigenvalue weighted by atomic mass is 32.1. The van der Waals surface area contributed by atoms with Crippen molar-refractivity contribution < 1.29 is 4.74 Å². The van der Waals surface area contributed by atoms with Crippen LogP contribution in [0.25, 0.3) is 10.2 Å². The van der Waals surface area contributed by atoms with Crippen LogP contribution < -0.4 is 10.2 Å². The summed E-state index contributed by atoms with van der Waals surface area (Å²) in [6.45, 7) is 8.04. The van der Waals surface area contributed by atoms with E-state index < -0.39 is 0 Å². The summed E-state index contributed by atoms with van der Waals surface area (Å²) >= 11 is 1.74. The lowest BCUT2D eigenvalue weighted by Crippen LogP contribution is -2.37. The maximum absolute atomic E-state index is 5.30. The van der Waals surface area contributed by atoms with E-state index in [1.54, 1.807) is 18.4 Å². The van der Waals surface area contributed by atoms with Crippen molar-refractivity contribution in [3.8, 4) is 0 Å². The molecule has 116 valence electrons. The van der Waals surface area contributed by atoms with Crippen LogP contribution in [0.2, 0.25) is 0 Å². The number of thiophene rings is 1. The van der Waals surface area contributed by atoms with Gasteiger partial charge in [0.25, 0.3) is 0 Å². The molecule has 0 spiro atoms. The van der Waals surface area contributed by atoms with Crippen molar-refractivity contribution in [2.24, 2.45) is 0 Å². The number of rotatable bonds is 7. The molecular formula is C15H24N4OS. The smallest absolute Gasteiger partial charge is 0.225 e. The Morgan fingerprint density at radius 3 is 2.71 bits per heavy atom. The average molecular weight is 308 g/mol. The molecule has 21 heavy (non-hydrogen) atoms. The number of hydrogen-bond donors (Lipinski definition) is 1. The van der Waals surface area contributed by atoms with Crippen molar-refractivity contribution in [3.05, 3.63) is 10.9 Å². The molecule has 2 aromatic heterocycles. The molecule has 0 fully saturated rings. The zero-order valence-electron chi connectivity index (χ0n) is 13.4. The highest BCUT2D eigenvalue weighted by Gasteiger charge is 2.19. The second-order valence-corrected chi connectivity index (χ2v) is 6.11. The standard InChI is InChI=1S/C15H24N4OS/c1-6-11-8-12-13(19(7-2)10(3)9-20-5)17-15(16-4)18-14(12)21-11/h8,10H,6-7,9H2,1-5H3,(H,16,17,18). The lowest BCUT2D eigenvalue weighted by molar-refractivity contribution is 0.182. The van der Waals surface area contributed by atoms with Crippen LogP contribution in [0.4, 0.5) is 11.8 Å². The Balaban J connectivity index is 2.55. The molecule has 1 unspecified atom stereocenters. The predicted octanol–water partition coefficient (Wildman–Crippen LogP) is 3.16. The van der Waals surface area contributed by atoms with E-state index in [1.165, 1.54) is 4.88 Å². The second-order valence-electron chi connectivity index (χ2n) is 5.00. The fourth-order valence-electron chi connectivity index (χ4n) is 2.46. The molecule has 2 aromatic rings. The Morgan fingerprint density at radius 1 is 1.38 bits per heavy atom. The van der Waals surface area contributed by atoms with Crippen molar-refractivity contribution in [1.29, 1.82) is 0 Å². The Hall–Kier alpha value is -1.40. The summed E-state index contributed by atoms with van der Waals surface area (Å²) < 4.78 is 5.30. The van der Waals surface area contributed by atoms with Crippen molar-refractivity contribution in [2.75, 3.05) is 37.5 Å². The fraction of sp³-hybridized carbons (Fsp3) is 0.600. The number of aryl methyl sites for hydroxylation is 1. The molecule has 1 N–H and O–H groups in total. The summed E-state index contributed by atoms with van der Waals surface area (Å²) in [5.74, 6) is 1.66. The summed E-state index contributed by atoms with van der Waals surface area (Å²) in [5.41, 5.74) is 0. The van der Waals surface area contributed by atoms with Gasteiger partial charge in [0, 0.05) is 25.6 Å². The van der Waals surface area contributed by atoms with E-state index in [1.807, 2.05) is 7.05 Å². The van der Waals surface area contributed by atoms with E-state index in [9.17, 15) is 0 Å². The van der Waals surface area contributed by atoms with Gasteiger partial charge in [-0.2, -0.15) is 4.98 Å². The average Bonchev–Trinajstić information content (AvgIpc) is 2.91. The van der Waals surface area contributed by atoms with Crippen molar-refractivity contribution in [1.82, 2.24) is 9.97 Å². The SMILES string of the molecule is CCc1cc2c(N(CC)C(C)COC)nc(NC)nc2s1. The van der Waals surface area contributed by atoms with Gasteiger partial charge < -0.3 is 15.0 Å². The van der Waals surface area contributed by atoms with Gasteiger partial charge in [-0.15, -0.1) is 11.3 Å². The van der Waals surface area contributed by atoms with Gasteiger partial charge >= 0.3 is 0 Å². The van der Waals surface area contributed by atoms with Crippen LogP contribution in [0.15, 0.2) is 6.07 Å². The molecule has 0 aliphatic heterocycles. The number of fused-ring (bicyclic) bond motifs is 1. The number of aromatic nitrogens is 2. The molecule has 6 heteroatoms. The van der Waals surface area contributed by atoms with Crippen LogP contribution in [-0.4, -0.2) is 43.3 Å². The van der Waals surface area contributed by atoms with Gasteiger partial charge in [0.1, 0.15) is 10.6 Å². The number of likely N-dealkylation sites (N-methyl/N-ethyl adjacent to an activating group) is 1. The second kappa shape index (κ2) is 7.04. The zero-order chi connectivity index (χ0) is 15.4. The minimum Gasteiger partial charge on any atom is -0.383 e. The molecule has 0 aliphatic carbocycles.